The Bertz CT molecular complexity index is 305. The summed E-state index contributed by atoms with van der Waals surface area (Å²) in [5.41, 5.74) is -0.337. The van der Waals surface area contributed by atoms with Crippen molar-refractivity contribution in [1.29, 1.82) is 0 Å². The molecule has 1 heterocycles. The minimum Gasteiger partial charge on any atom is -0.476 e. The summed E-state index contributed by atoms with van der Waals surface area (Å²) in [6.07, 6.45) is 0. The standard InChI is InChI=1S/C6H5F2NO2S/c1-6(7,8)5-9-3(2-12-5)4(10)11/h2H,1H3,(H,10,11). The number of carboxylic acid groups (broad SMARTS) is 1. The molecular weight excluding hydrogens is 188 g/mol. The van der Waals surface area contributed by atoms with Gasteiger partial charge in [0.25, 0.3) is 5.92 Å². The van der Waals surface area contributed by atoms with Gasteiger partial charge >= 0.3 is 5.97 Å². The number of carbonyl (C=O) groups is 1. The highest BCUT2D eigenvalue weighted by Crippen LogP contribution is 2.29. The summed E-state index contributed by atoms with van der Waals surface area (Å²) in [5.74, 6) is -4.35. The topological polar surface area (TPSA) is 50.2 Å². The molecule has 1 aromatic heterocycles. The molecule has 0 atom stereocenters. The van der Waals surface area contributed by atoms with E-state index in [0.29, 0.717) is 18.3 Å². The normalized spacial score (nSPS) is 11.6. The highest BCUT2D eigenvalue weighted by molar-refractivity contribution is 7.10. The zero-order chi connectivity index (χ0) is 9.35. The lowest BCUT2D eigenvalue weighted by Gasteiger charge is -2.03. The van der Waals surface area contributed by atoms with Gasteiger partial charge in [0, 0.05) is 12.3 Å². The number of rotatable bonds is 2. The SMILES string of the molecule is CC(F)(F)c1nc(C(=O)O)cs1. The van der Waals surface area contributed by atoms with Gasteiger partial charge in [-0.2, -0.15) is 8.78 Å². The van der Waals surface area contributed by atoms with Gasteiger partial charge in [0.2, 0.25) is 0 Å². The Morgan fingerprint density at radius 3 is 2.58 bits per heavy atom. The van der Waals surface area contributed by atoms with Crippen molar-refractivity contribution in [2.24, 2.45) is 0 Å². The number of aromatic carboxylic acids is 1. The molecule has 6 heteroatoms. The largest absolute Gasteiger partial charge is 0.476 e. The minimum absolute atomic E-state index is 0.337. The fourth-order valence-electron chi connectivity index (χ4n) is 0.574. The van der Waals surface area contributed by atoms with Gasteiger partial charge < -0.3 is 5.11 Å². The second-order valence-corrected chi connectivity index (χ2v) is 3.09. The second-order valence-electron chi connectivity index (χ2n) is 2.23. The van der Waals surface area contributed by atoms with Crippen molar-refractivity contribution < 1.29 is 18.7 Å². The van der Waals surface area contributed by atoms with Crippen LogP contribution in [0.5, 0.6) is 0 Å². The number of aromatic nitrogens is 1. The van der Waals surface area contributed by atoms with Crippen LogP contribution >= 0.6 is 11.3 Å². The highest BCUT2D eigenvalue weighted by Gasteiger charge is 2.29. The maximum Gasteiger partial charge on any atom is 0.355 e. The Labute approximate surface area is 70.7 Å². The van der Waals surface area contributed by atoms with E-state index in [1.165, 1.54) is 0 Å². The Kier molecular flexibility index (Phi) is 2.10. The van der Waals surface area contributed by atoms with Crippen molar-refractivity contribution in [3.05, 3.63) is 16.1 Å². The molecule has 1 rings (SSSR count). The molecule has 0 aliphatic heterocycles. The number of thiazole rings is 1. The predicted molar refractivity (Wildman–Crippen MR) is 38.6 cm³/mol. The van der Waals surface area contributed by atoms with E-state index in [4.69, 9.17) is 5.11 Å². The van der Waals surface area contributed by atoms with Crippen LogP contribution in [0, 0.1) is 0 Å². The maximum atomic E-state index is 12.5. The van der Waals surface area contributed by atoms with Gasteiger partial charge in [0.05, 0.1) is 0 Å². The van der Waals surface area contributed by atoms with Crippen LogP contribution in [0.15, 0.2) is 5.38 Å². The smallest absolute Gasteiger partial charge is 0.355 e. The lowest BCUT2D eigenvalue weighted by atomic mass is 10.4. The molecule has 3 nitrogen and oxygen atoms in total. The molecule has 0 aliphatic carbocycles. The summed E-state index contributed by atoms with van der Waals surface area (Å²) in [6, 6.07) is 0. The van der Waals surface area contributed by atoms with E-state index in [1.54, 1.807) is 0 Å². The molecule has 0 fully saturated rings. The van der Waals surface area contributed by atoms with Crippen molar-refractivity contribution in [2.45, 2.75) is 12.8 Å². The van der Waals surface area contributed by atoms with Crippen LogP contribution in [0.1, 0.15) is 22.4 Å². The van der Waals surface area contributed by atoms with E-state index in [9.17, 15) is 13.6 Å². The maximum absolute atomic E-state index is 12.5. The Balaban J connectivity index is 3.00. The van der Waals surface area contributed by atoms with Crippen LogP contribution in [-0.4, -0.2) is 16.1 Å². The average molecular weight is 193 g/mol. The number of carboxylic acids is 1. The molecule has 0 bridgehead atoms. The first-order valence-electron chi connectivity index (χ1n) is 2.98. The monoisotopic (exact) mass is 193 g/mol. The third kappa shape index (κ3) is 1.76. The summed E-state index contributed by atoms with van der Waals surface area (Å²) in [5, 5.41) is 8.98. The van der Waals surface area contributed by atoms with E-state index >= 15 is 0 Å². The fraction of sp³-hybridized carbons (Fsp3) is 0.333. The van der Waals surface area contributed by atoms with Crippen LogP contribution in [-0.2, 0) is 5.92 Å². The van der Waals surface area contributed by atoms with Crippen LogP contribution in [0.4, 0.5) is 8.78 Å². The number of halogens is 2. The minimum atomic E-state index is -3.06. The van der Waals surface area contributed by atoms with E-state index in [1.807, 2.05) is 0 Å². The molecule has 0 amide bonds. The first-order chi connectivity index (χ1) is 5.41. The summed E-state index contributed by atoms with van der Waals surface area (Å²) in [7, 11) is 0. The van der Waals surface area contributed by atoms with Gasteiger partial charge in [-0.1, -0.05) is 0 Å². The molecule has 0 aromatic carbocycles. The van der Waals surface area contributed by atoms with Crippen LogP contribution in [0.25, 0.3) is 0 Å². The molecule has 0 saturated carbocycles. The van der Waals surface area contributed by atoms with Gasteiger partial charge in [0.1, 0.15) is 0 Å². The van der Waals surface area contributed by atoms with Crippen LogP contribution in [0.3, 0.4) is 0 Å². The number of alkyl halides is 2. The Morgan fingerprint density at radius 1 is 1.75 bits per heavy atom. The third-order valence-electron chi connectivity index (χ3n) is 1.10. The van der Waals surface area contributed by atoms with Gasteiger partial charge in [-0.05, 0) is 0 Å². The zero-order valence-electron chi connectivity index (χ0n) is 6.04. The number of hydrogen-bond donors (Lipinski definition) is 1. The highest BCUT2D eigenvalue weighted by atomic mass is 32.1. The molecule has 1 N–H and O–H groups in total. The molecule has 0 spiro atoms. The van der Waals surface area contributed by atoms with Crippen LogP contribution < -0.4 is 0 Å². The second kappa shape index (κ2) is 2.78. The first kappa shape index (κ1) is 9.05. The van der Waals surface area contributed by atoms with Gasteiger partial charge in [0.15, 0.2) is 10.7 Å². The summed E-state index contributed by atoms with van der Waals surface area (Å²) < 4.78 is 25.0. The summed E-state index contributed by atoms with van der Waals surface area (Å²) in [4.78, 5) is 13.5. The average Bonchev–Trinajstić information content (AvgIpc) is 2.30. The predicted octanol–water partition coefficient (Wildman–Crippen LogP) is 1.95. The van der Waals surface area contributed by atoms with E-state index in [2.05, 4.69) is 4.98 Å². The van der Waals surface area contributed by atoms with E-state index in [0.717, 1.165) is 5.38 Å². The molecule has 0 aliphatic rings. The molecule has 0 unspecified atom stereocenters. The van der Waals surface area contributed by atoms with Crippen molar-refractivity contribution in [1.82, 2.24) is 4.98 Å². The van der Waals surface area contributed by atoms with Crippen LogP contribution in [0.2, 0.25) is 0 Å². The summed E-state index contributed by atoms with van der Waals surface area (Å²) in [6.45, 7) is 0.678. The van der Waals surface area contributed by atoms with Crippen molar-refractivity contribution in [3.8, 4) is 0 Å². The molecular formula is C6H5F2NO2S. The third-order valence-corrected chi connectivity index (χ3v) is 2.11. The van der Waals surface area contributed by atoms with E-state index in [-0.39, 0.29) is 5.69 Å². The lowest BCUT2D eigenvalue weighted by molar-refractivity contribution is 0.0170. The molecule has 0 saturated heterocycles. The molecule has 0 radical (unpaired) electrons. The number of nitrogens with zero attached hydrogens (tertiary/aromatic N) is 1. The van der Waals surface area contributed by atoms with Gasteiger partial charge in [-0.15, -0.1) is 11.3 Å². The van der Waals surface area contributed by atoms with Crippen molar-refractivity contribution >= 4 is 17.3 Å². The van der Waals surface area contributed by atoms with Crippen molar-refractivity contribution in [3.63, 3.8) is 0 Å². The molecule has 1 aromatic rings. The Hall–Kier alpha value is -1.04. The van der Waals surface area contributed by atoms with Gasteiger partial charge in [-0.3, -0.25) is 0 Å². The van der Waals surface area contributed by atoms with Crippen molar-refractivity contribution in [2.75, 3.05) is 0 Å². The first-order valence-corrected chi connectivity index (χ1v) is 3.86. The molecule has 66 valence electrons. The number of hydrogen-bond acceptors (Lipinski definition) is 3. The lowest BCUT2D eigenvalue weighted by Crippen LogP contribution is -2.07. The Morgan fingerprint density at radius 2 is 2.33 bits per heavy atom. The zero-order valence-corrected chi connectivity index (χ0v) is 6.86. The summed E-state index contributed by atoms with van der Waals surface area (Å²) >= 11 is 0.643. The van der Waals surface area contributed by atoms with E-state index < -0.39 is 16.9 Å². The quantitative estimate of drug-likeness (QED) is 0.780. The fourth-order valence-corrected chi connectivity index (χ4v) is 1.31. The molecule has 12 heavy (non-hydrogen) atoms. The van der Waals surface area contributed by atoms with Gasteiger partial charge in [-0.25, -0.2) is 9.78 Å².